The summed E-state index contributed by atoms with van der Waals surface area (Å²) < 4.78 is 5.73. The van der Waals surface area contributed by atoms with E-state index in [0.717, 1.165) is 4.88 Å². The van der Waals surface area contributed by atoms with Crippen molar-refractivity contribution in [2.45, 2.75) is 32.1 Å². The van der Waals surface area contributed by atoms with Gasteiger partial charge in [0.2, 0.25) is 5.91 Å². The van der Waals surface area contributed by atoms with Gasteiger partial charge in [0.15, 0.2) is 0 Å². The van der Waals surface area contributed by atoms with E-state index in [4.69, 9.17) is 4.74 Å². The molecule has 0 aliphatic carbocycles. The number of hydrogen-bond acceptors (Lipinski definition) is 5. The first kappa shape index (κ1) is 15.4. The van der Waals surface area contributed by atoms with Crippen molar-refractivity contribution in [2.75, 3.05) is 26.2 Å². The number of amides is 1. The van der Waals surface area contributed by atoms with Crippen LogP contribution in [0, 0.1) is 0 Å². The fraction of sp³-hybridized carbons (Fsp3) is 0.643. The molecule has 1 fully saturated rings. The molecule has 0 saturated carbocycles. The molecule has 1 aromatic heterocycles. The molecule has 1 unspecified atom stereocenters. The number of aliphatic hydroxyl groups excluding tert-OH is 1. The Bertz CT molecular complexity index is 434. The second-order valence-corrected chi connectivity index (χ2v) is 6.74. The van der Waals surface area contributed by atoms with Crippen LogP contribution in [0.5, 0.6) is 0 Å². The Kier molecular flexibility index (Phi) is 5.15. The van der Waals surface area contributed by atoms with Gasteiger partial charge in [0.25, 0.3) is 0 Å². The number of ether oxygens (including phenoxy) is 1. The monoisotopic (exact) mass is 298 g/mol. The zero-order chi connectivity index (χ0) is 14.6. The molecule has 1 amide bonds. The summed E-state index contributed by atoms with van der Waals surface area (Å²) in [6.45, 7) is 6.14. The molecule has 1 aliphatic rings. The minimum absolute atomic E-state index is 0.00721. The van der Waals surface area contributed by atoms with E-state index < -0.39 is 0 Å². The molecule has 2 N–H and O–H groups in total. The van der Waals surface area contributed by atoms with Gasteiger partial charge in [-0.1, -0.05) is 6.07 Å². The number of rotatable bonds is 5. The predicted octanol–water partition coefficient (Wildman–Crippen LogP) is 0.836. The van der Waals surface area contributed by atoms with Gasteiger partial charge in [0.1, 0.15) is 0 Å². The van der Waals surface area contributed by atoms with E-state index in [9.17, 15) is 9.90 Å². The van der Waals surface area contributed by atoms with E-state index in [1.54, 1.807) is 11.3 Å². The number of morpholine rings is 1. The molecule has 6 heteroatoms. The first-order valence-electron chi connectivity index (χ1n) is 6.78. The maximum absolute atomic E-state index is 12.0. The number of hydrogen-bond donors (Lipinski definition) is 2. The van der Waals surface area contributed by atoms with E-state index in [1.807, 2.05) is 36.3 Å². The summed E-state index contributed by atoms with van der Waals surface area (Å²) in [5, 5.41) is 14.2. The second-order valence-electron chi connectivity index (χ2n) is 5.71. The van der Waals surface area contributed by atoms with E-state index in [0.29, 0.717) is 26.2 Å². The van der Waals surface area contributed by atoms with Gasteiger partial charge in [-0.2, -0.15) is 0 Å². The van der Waals surface area contributed by atoms with E-state index in [2.05, 4.69) is 5.32 Å². The van der Waals surface area contributed by atoms with Crippen molar-refractivity contribution >= 4 is 17.2 Å². The number of nitrogens with one attached hydrogen (secondary N) is 1. The smallest absolute Gasteiger partial charge is 0.234 e. The molecule has 1 saturated heterocycles. The molecule has 1 aliphatic heterocycles. The fourth-order valence-corrected chi connectivity index (χ4v) is 3.13. The summed E-state index contributed by atoms with van der Waals surface area (Å²) in [6.07, 6.45) is -0.219. The SMILES string of the molecule is CC1(C)CN(CC(=O)NCc2cccs2)CC(CO)O1. The number of carbonyl (C=O) groups is 1. The van der Waals surface area contributed by atoms with E-state index in [-0.39, 0.29) is 24.2 Å². The average molecular weight is 298 g/mol. The average Bonchev–Trinajstić information content (AvgIpc) is 2.87. The summed E-state index contributed by atoms with van der Waals surface area (Å²) in [7, 11) is 0. The van der Waals surface area contributed by atoms with Gasteiger partial charge in [0.05, 0.1) is 31.4 Å². The summed E-state index contributed by atoms with van der Waals surface area (Å²) in [5.74, 6) is 0.00721. The molecule has 0 radical (unpaired) electrons. The minimum atomic E-state index is -0.334. The summed E-state index contributed by atoms with van der Waals surface area (Å²) in [5.41, 5.74) is -0.334. The molecule has 0 aromatic carbocycles. The lowest BCUT2D eigenvalue weighted by molar-refractivity contribution is -0.153. The van der Waals surface area contributed by atoms with Crippen molar-refractivity contribution < 1.29 is 14.6 Å². The van der Waals surface area contributed by atoms with Gasteiger partial charge in [-0.25, -0.2) is 0 Å². The topological polar surface area (TPSA) is 61.8 Å². The van der Waals surface area contributed by atoms with Gasteiger partial charge >= 0.3 is 0 Å². The molecular formula is C14H22N2O3S. The Morgan fingerprint density at radius 3 is 3.10 bits per heavy atom. The van der Waals surface area contributed by atoms with Gasteiger partial charge in [-0.15, -0.1) is 11.3 Å². The van der Waals surface area contributed by atoms with Gasteiger partial charge in [0, 0.05) is 18.0 Å². The lowest BCUT2D eigenvalue weighted by Crippen LogP contribution is -2.55. The lowest BCUT2D eigenvalue weighted by atomic mass is 10.1. The predicted molar refractivity (Wildman–Crippen MR) is 78.6 cm³/mol. The van der Waals surface area contributed by atoms with Gasteiger partial charge in [-0.3, -0.25) is 9.69 Å². The van der Waals surface area contributed by atoms with Crippen molar-refractivity contribution in [3.8, 4) is 0 Å². The minimum Gasteiger partial charge on any atom is -0.394 e. The number of aliphatic hydroxyl groups is 1. The summed E-state index contributed by atoms with van der Waals surface area (Å²) in [4.78, 5) is 15.1. The Morgan fingerprint density at radius 1 is 1.65 bits per heavy atom. The van der Waals surface area contributed by atoms with Crippen molar-refractivity contribution in [2.24, 2.45) is 0 Å². The third kappa shape index (κ3) is 4.56. The fourth-order valence-electron chi connectivity index (χ4n) is 2.49. The van der Waals surface area contributed by atoms with Crippen LogP contribution in [0.1, 0.15) is 18.7 Å². The third-order valence-electron chi connectivity index (χ3n) is 3.16. The molecule has 1 atom stereocenters. The van der Waals surface area contributed by atoms with Crippen LogP contribution in [0.3, 0.4) is 0 Å². The molecule has 2 heterocycles. The number of thiophene rings is 1. The van der Waals surface area contributed by atoms with Crippen LogP contribution in [0.25, 0.3) is 0 Å². The lowest BCUT2D eigenvalue weighted by Gasteiger charge is -2.41. The highest BCUT2D eigenvalue weighted by atomic mass is 32.1. The van der Waals surface area contributed by atoms with Crippen molar-refractivity contribution in [1.82, 2.24) is 10.2 Å². The van der Waals surface area contributed by atoms with Gasteiger partial charge < -0.3 is 15.2 Å². The van der Waals surface area contributed by atoms with Crippen molar-refractivity contribution in [1.29, 1.82) is 0 Å². The van der Waals surface area contributed by atoms with Crippen LogP contribution in [-0.2, 0) is 16.1 Å². The van der Waals surface area contributed by atoms with Crippen molar-refractivity contribution in [3.63, 3.8) is 0 Å². The quantitative estimate of drug-likeness (QED) is 0.845. The Hall–Kier alpha value is -0.950. The normalized spacial score (nSPS) is 22.6. The molecule has 20 heavy (non-hydrogen) atoms. The maximum atomic E-state index is 12.0. The zero-order valence-corrected chi connectivity index (χ0v) is 12.8. The highest BCUT2D eigenvalue weighted by Crippen LogP contribution is 2.20. The van der Waals surface area contributed by atoms with Crippen LogP contribution in [0.4, 0.5) is 0 Å². The third-order valence-corrected chi connectivity index (χ3v) is 4.04. The van der Waals surface area contributed by atoms with Crippen LogP contribution >= 0.6 is 11.3 Å². The van der Waals surface area contributed by atoms with Crippen molar-refractivity contribution in [3.05, 3.63) is 22.4 Å². The molecule has 5 nitrogen and oxygen atoms in total. The largest absolute Gasteiger partial charge is 0.394 e. The van der Waals surface area contributed by atoms with Gasteiger partial charge in [-0.05, 0) is 25.3 Å². The number of nitrogens with zero attached hydrogens (tertiary/aromatic N) is 1. The first-order valence-corrected chi connectivity index (χ1v) is 7.66. The first-order chi connectivity index (χ1) is 9.48. The maximum Gasteiger partial charge on any atom is 0.234 e. The van der Waals surface area contributed by atoms with Crippen LogP contribution in [0.15, 0.2) is 17.5 Å². The van der Waals surface area contributed by atoms with Crippen LogP contribution in [0.2, 0.25) is 0 Å². The summed E-state index contributed by atoms with van der Waals surface area (Å²) in [6, 6.07) is 3.98. The molecule has 2 rings (SSSR count). The molecular weight excluding hydrogens is 276 g/mol. The Balaban J connectivity index is 1.80. The molecule has 0 bridgehead atoms. The molecule has 0 spiro atoms. The number of carbonyl (C=O) groups excluding carboxylic acids is 1. The van der Waals surface area contributed by atoms with Crippen LogP contribution in [-0.4, -0.2) is 53.9 Å². The zero-order valence-electron chi connectivity index (χ0n) is 12.0. The standard InChI is InChI=1S/C14H22N2O3S/c1-14(2)10-16(7-11(9-17)19-14)8-13(18)15-6-12-4-3-5-20-12/h3-5,11,17H,6-10H2,1-2H3,(H,15,18). The van der Waals surface area contributed by atoms with E-state index in [1.165, 1.54) is 0 Å². The highest BCUT2D eigenvalue weighted by molar-refractivity contribution is 7.09. The highest BCUT2D eigenvalue weighted by Gasteiger charge is 2.33. The van der Waals surface area contributed by atoms with E-state index >= 15 is 0 Å². The Labute approximate surface area is 123 Å². The second kappa shape index (κ2) is 6.67. The molecule has 112 valence electrons. The summed E-state index contributed by atoms with van der Waals surface area (Å²) >= 11 is 1.63. The molecule has 1 aromatic rings. The van der Waals surface area contributed by atoms with Crippen LogP contribution < -0.4 is 5.32 Å². The Morgan fingerprint density at radius 2 is 2.45 bits per heavy atom.